The lowest BCUT2D eigenvalue weighted by Gasteiger charge is -2.29. The highest BCUT2D eigenvalue weighted by atomic mass is 16.5. The first-order valence-corrected chi connectivity index (χ1v) is 7.81. The van der Waals surface area contributed by atoms with Crippen LogP contribution in [0.4, 0.5) is 0 Å². The van der Waals surface area contributed by atoms with E-state index >= 15 is 0 Å². The largest absolute Gasteiger partial charge is 0.493 e. The molecule has 3 rings (SSSR count). The third-order valence-electron chi connectivity index (χ3n) is 5.05. The van der Waals surface area contributed by atoms with E-state index in [1.807, 2.05) is 0 Å². The highest BCUT2D eigenvalue weighted by Gasteiger charge is 2.38. The zero-order chi connectivity index (χ0) is 14.8. The molecule has 116 valence electrons. The van der Waals surface area contributed by atoms with E-state index < -0.39 is 0 Å². The van der Waals surface area contributed by atoms with Crippen LogP contribution in [-0.2, 0) is 0 Å². The number of hydrogen-bond acceptors (Lipinski definition) is 4. The molecule has 0 radical (unpaired) electrons. The van der Waals surface area contributed by atoms with Gasteiger partial charge in [0.15, 0.2) is 11.5 Å². The molecule has 3 unspecified atom stereocenters. The minimum Gasteiger partial charge on any atom is -0.493 e. The predicted octanol–water partition coefficient (Wildman–Crippen LogP) is 2.96. The summed E-state index contributed by atoms with van der Waals surface area (Å²) in [5.41, 5.74) is 1.30. The van der Waals surface area contributed by atoms with E-state index in [2.05, 4.69) is 17.4 Å². The molecule has 1 aliphatic carbocycles. The molecule has 0 aromatic heterocycles. The zero-order valence-corrected chi connectivity index (χ0v) is 13.1. The number of hydrogen-bond donors (Lipinski definition) is 1. The van der Waals surface area contributed by atoms with Gasteiger partial charge in [-0.25, -0.2) is 0 Å². The normalized spacial score (nSPS) is 28.0. The Hall–Kier alpha value is -1.42. The molecular weight excluding hydrogens is 266 g/mol. The van der Waals surface area contributed by atoms with E-state index in [4.69, 9.17) is 14.2 Å². The monoisotopic (exact) mass is 291 g/mol. The van der Waals surface area contributed by atoms with Gasteiger partial charge in [0.1, 0.15) is 0 Å². The molecule has 21 heavy (non-hydrogen) atoms. The van der Waals surface area contributed by atoms with Gasteiger partial charge in [0.2, 0.25) is 5.75 Å². The first-order valence-electron chi connectivity index (χ1n) is 7.81. The van der Waals surface area contributed by atoms with Crippen molar-refractivity contribution in [1.82, 2.24) is 5.32 Å². The highest BCUT2D eigenvalue weighted by molar-refractivity contribution is 5.54. The van der Waals surface area contributed by atoms with Gasteiger partial charge in [-0.15, -0.1) is 0 Å². The van der Waals surface area contributed by atoms with Crippen LogP contribution < -0.4 is 19.5 Å². The lowest BCUT2D eigenvalue weighted by Crippen LogP contribution is -2.29. The second kappa shape index (κ2) is 6.14. The summed E-state index contributed by atoms with van der Waals surface area (Å²) in [4.78, 5) is 0. The van der Waals surface area contributed by atoms with Crippen LogP contribution in [0.25, 0.3) is 0 Å². The average molecular weight is 291 g/mol. The van der Waals surface area contributed by atoms with Crippen LogP contribution in [0.15, 0.2) is 12.1 Å². The highest BCUT2D eigenvalue weighted by Crippen LogP contribution is 2.45. The molecular formula is C17H25NO3. The van der Waals surface area contributed by atoms with Crippen molar-refractivity contribution in [3.63, 3.8) is 0 Å². The summed E-state index contributed by atoms with van der Waals surface area (Å²) in [6.45, 7) is 1.05. The van der Waals surface area contributed by atoms with Crippen molar-refractivity contribution in [2.45, 2.75) is 37.6 Å². The minimum atomic E-state index is 0.545. The molecule has 1 heterocycles. The van der Waals surface area contributed by atoms with Crippen molar-refractivity contribution >= 4 is 0 Å². The Bertz CT molecular complexity index is 478. The zero-order valence-electron chi connectivity index (χ0n) is 13.1. The topological polar surface area (TPSA) is 39.7 Å². The maximum Gasteiger partial charge on any atom is 0.203 e. The second-order valence-electron chi connectivity index (χ2n) is 6.03. The quantitative estimate of drug-likeness (QED) is 0.926. The standard InChI is InChI=1S/C17H25NO3/c1-19-15-8-11(9-16(20-2)17(15)21-3)13-10-18-14-7-5-4-6-12(13)14/h8-9,12-14,18H,4-7,10H2,1-3H3. The molecule has 0 amide bonds. The van der Waals surface area contributed by atoms with Gasteiger partial charge in [-0.05, 0) is 36.5 Å². The average Bonchev–Trinajstić information content (AvgIpc) is 2.97. The molecule has 1 aromatic carbocycles. The maximum atomic E-state index is 5.49. The summed E-state index contributed by atoms with van der Waals surface area (Å²) in [5.74, 6) is 3.47. The van der Waals surface area contributed by atoms with Gasteiger partial charge in [-0.1, -0.05) is 12.8 Å². The molecule has 1 saturated heterocycles. The molecule has 1 aliphatic heterocycles. The van der Waals surface area contributed by atoms with E-state index in [1.54, 1.807) is 21.3 Å². The number of ether oxygens (including phenoxy) is 3. The van der Waals surface area contributed by atoms with E-state index in [-0.39, 0.29) is 0 Å². The van der Waals surface area contributed by atoms with E-state index in [0.717, 1.165) is 24.0 Å². The molecule has 4 heteroatoms. The summed E-state index contributed by atoms with van der Waals surface area (Å²) in [6.07, 6.45) is 5.34. The number of methoxy groups -OCH3 is 3. The van der Waals surface area contributed by atoms with Crippen LogP contribution in [0.1, 0.15) is 37.2 Å². The van der Waals surface area contributed by atoms with Crippen molar-refractivity contribution in [3.05, 3.63) is 17.7 Å². The van der Waals surface area contributed by atoms with E-state index in [9.17, 15) is 0 Å². The Balaban J connectivity index is 1.94. The van der Waals surface area contributed by atoms with Crippen molar-refractivity contribution in [2.75, 3.05) is 27.9 Å². The van der Waals surface area contributed by atoms with Gasteiger partial charge in [-0.3, -0.25) is 0 Å². The van der Waals surface area contributed by atoms with Crippen molar-refractivity contribution < 1.29 is 14.2 Å². The van der Waals surface area contributed by atoms with Gasteiger partial charge in [0.05, 0.1) is 21.3 Å². The van der Waals surface area contributed by atoms with Crippen LogP contribution in [0, 0.1) is 5.92 Å². The summed E-state index contributed by atoms with van der Waals surface area (Å²) >= 11 is 0. The summed E-state index contributed by atoms with van der Waals surface area (Å²) < 4.78 is 16.4. The number of benzene rings is 1. The fraction of sp³-hybridized carbons (Fsp3) is 0.647. The van der Waals surface area contributed by atoms with Gasteiger partial charge in [0, 0.05) is 18.5 Å². The summed E-state index contributed by atoms with van der Waals surface area (Å²) in [5, 5.41) is 3.70. The smallest absolute Gasteiger partial charge is 0.203 e. The van der Waals surface area contributed by atoms with Gasteiger partial charge >= 0.3 is 0 Å². The summed E-state index contributed by atoms with van der Waals surface area (Å²) in [6, 6.07) is 4.91. The van der Waals surface area contributed by atoms with E-state index in [1.165, 1.54) is 31.2 Å². The fourth-order valence-electron chi connectivity index (χ4n) is 4.00. The molecule has 1 aromatic rings. The Morgan fingerprint density at radius 2 is 1.62 bits per heavy atom. The van der Waals surface area contributed by atoms with Crippen LogP contribution >= 0.6 is 0 Å². The Labute approximate surface area is 126 Å². The number of fused-ring (bicyclic) bond motifs is 1. The van der Waals surface area contributed by atoms with Gasteiger partial charge in [0.25, 0.3) is 0 Å². The maximum absolute atomic E-state index is 5.49. The molecule has 1 N–H and O–H groups in total. The molecule has 4 nitrogen and oxygen atoms in total. The lowest BCUT2D eigenvalue weighted by atomic mass is 9.77. The van der Waals surface area contributed by atoms with E-state index in [0.29, 0.717) is 17.7 Å². The Kier molecular flexibility index (Phi) is 4.24. The number of rotatable bonds is 4. The van der Waals surface area contributed by atoms with Crippen LogP contribution in [0.3, 0.4) is 0 Å². The van der Waals surface area contributed by atoms with Gasteiger partial charge < -0.3 is 19.5 Å². The molecule has 1 saturated carbocycles. The van der Waals surface area contributed by atoms with Gasteiger partial charge in [-0.2, -0.15) is 0 Å². The van der Waals surface area contributed by atoms with Crippen LogP contribution in [-0.4, -0.2) is 33.9 Å². The predicted molar refractivity (Wildman–Crippen MR) is 82.6 cm³/mol. The molecule has 3 atom stereocenters. The fourth-order valence-corrected chi connectivity index (χ4v) is 4.00. The van der Waals surface area contributed by atoms with Crippen LogP contribution in [0.5, 0.6) is 17.2 Å². The first kappa shape index (κ1) is 14.5. The summed E-state index contributed by atoms with van der Waals surface area (Å²) in [7, 11) is 5.00. The molecule has 0 bridgehead atoms. The SMILES string of the molecule is COc1cc(C2CNC3CCCCC32)cc(OC)c1OC. The Morgan fingerprint density at radius 1 is 0.952 bits per heavy atom. The third-order valence-corrected chi connectivity index (χ3v) is 5.05. The van der Waals surface area contributed by atoms with Crippen molar-refractivity contribution in [3.8, 4) is 17.2 Å². The minimum absolute atomic E-state index is 0.545. The van der Waals surface area contributed by atoms with Crippen LogP contribution in [0.2, 0.25) is 0 Å². The lowest BCUT2D eigenvalue weighted by molar-refractivity contribution is 0.304. The third kappa shape index (κ3) is 2.57. The Morgan fingerprint density at radius 3 is 2.24 bits per heavy atom. The first-order chi connectivity index (χ1) is 10.3. The van der Waals surface area contributed by atoms with Crippen molar-refractivity contribution in [1.29, 1.82) is 0 Å². The molecule has 2 aliphatic rings. The molecule has 0 spiro atoms. The molecule has 2 fully saturated rings. The second-order valence-corrected chi connectivity index (χ2v) is 6.03. The van der Waals surface area contributed by atoms with Crippen molar-refractivity contribution in [2.24, 2.45) is 5.92 Å². The number of nitrogens with one attached hydrogen (secondary N) is 1.